The zero-order chi connectivity index (χ0) is 7.56. The second kappa shape index (κ2) is 3.34. The Morgan fingerprint density at radius 3 is 2.70 bits per heavy atom. The Balaban J connectivity index is 3.20. The zero-order valence-electron chi connectivity index (χ0n) is 5.03. The van der Waals surface area contributed by atoms with E-state index in [9.17, 15) is 4.79 Å². The van der Waals surface area contributed by atoms with Crippen molar-refractivity contribution in [2.75, 3.05) is 0 Å². The molecule has 1 rings (SSSR count). The average molecular weight is 267 g/mol. The first kappa shape index (κ1) is 8.01. The van der Waals surface area contributed by atoms with Crippen molar-refractivity contribution >= 4 is 31.9 Å². The predicted molar refractivity (Wildman–Crippen MR) is 47.4 cm³/mol. The molecule has 0 aromatic carbocycles. The molecule has 1 N–H and O–H groups in total. The topological polar surface area (TPSA) is 32.9 Å². The first-order valence-corrected chi connectivity index (χ1v) is 4.59. The molecule has 0 unspecified atom stereocenters. The Hall–Kier alpha value is -0.0900. The van der Waals surface area contributed by atoms with Gasteiger partial charge >= 0.3 is 0 Å². The number of pyridine rings is 1. The molecule has 0 amide bonds. The first-order valence-electron chi connectivity index (χ1n) is 2.67. The lowest BCUT2D eigenvalue weighted by atomic mass is 10.3. The molecule has 2 nitrogen and oxygen atoms in total. The molecule has 0 aliphatic heterocycles. The smallest absolute Gasteiger partial charge is 0.252 e. The highest BCUT2D eigenvalue weighted by Gasteiger charge is 1.95. The molecule has 0 spiro atoms. The van der Waals surface area contributed by atoms with Gasteiger partial charge < -0.3 is 4.98 Å². The minimum absolute atomic E-state index is 0.0498. The van der Waals surface area contributed by atoms with E-state index < -0.39 is 0 Å². The van der Waals surface area contributed by atoms with Crippen LogP contribution in [0.3, 0.4) is 0 Å². The summed E-state index contributed by atoms with van der Waals surface area (Å²) < 4.78 is 0.710. The number of nitrogens with one attached hydrogen (secondary N) is 1. The Bertz CT molecular complexity index is 281. The Morgan fingerprint density at radius 1 is 1.50 bits per heavy atom. The highest BCUT2D eigenvalue weighted by Crippen LogP contribution is 2.04. The summed E-state index contributed by atoms with van der Waals surface area (Å²) in [5.41, 5.74) is 0.689. The van der Waals surface area contributed by atoms with Crippen molar-refractivity contribution in [3.63, 3.8) is 0 Å². The molecule has 0 radical (unpaired) electrons. The Kier molecular flexibility index (Phi) is 2.68. The summed E-state index contributed by atoms with van der Waals surface area (Å²) in [5, 5.41) is 0.593. The summed E-state index contributed by atoms with van der Waals surface area (Å²) in [7, 11) is 0. The lowest BCUT2D eigenvalue weighted by molar-refractivity contribution is 1.14. The van der Waals surface area contributed by atoms with Crippen LogP contribution in [0.1, 0.15) is 5.56 Å². The number of aromatic amines is 1. The molecule has 10 heavy (non-hydrogen) atoms. The number of hydrogen-bond acceptors (Lipinski definition) is 1. The van der Waals surface area contributed by atoms with E-state index in [1.54, 1.807) is 12.1 Å². The second-order valence-electron chi connectivity index (χ2n) is 1.79. The monoisotopic (exact) mass is 265 g/mol. The Morgan fingerprint density at radius 2 is 2.20 bits per heavy atom. The van der Waals surface area contributed by atoms with E-state index in [0.717, 1.165) is 5.56 Å². The predicted octanol–water partition coefficient (Wildman–Crippen LogP) is 2.03. The summed E-state index contributed by atoms with van der Waals surface area (Å²) in [5.74, 6) is 0. The molecule has 1 aromatic rings. The zero-order valence-corrected chi connectivity index (χ0v) is 8.20. The van der Waals surface area contributed by atoms with Crippen LogP contribution in [0.25, 0.3) is 0 Å². The molecular weight excluding hydrogens is 262 g/mol. The van der Waals surface area contributed by atoms with Crippen LogP contribution in [-0.2, 0) is 5.33 Å². The first-order chi connectivity index (χ1) is 4.74. The van der Waals surface area contributed by atoms with E-state index >= 15 is 0 Å². The fourth-order valence-corrected chi connectivity index (χ4v) is 1.34. The fraction of sp³-hybridized carbons (Fsp3) is 0.167. The minimum atomic E-state index is -0.0498. The van der Waals surface area contributed by atoms with Crippen LogP contribution < -0.4 is 5.56 Å². The van der Waals surface area contributed by atoms with E-state index in [0.29, 0.717) is 9.93 Å². The number of alkyl halides is 1. The van der Waals surface area contributed by atoms with Crippen LogP contribution in [0.4, 0.5) is 0 Å². The van der Waals surface area contributed by atoms with Gasteiger partial charge in [0.2, 0.25) is 0 Å². The van der Waals surface area contributed by atoms with Gasteiger partial charge in [0, 0.05) is 10.9 Å². The van der Waals surface area contributed by atoms with Crippen molar-refractivity contribution in [2.24, 2.45) is 0 Å². The molecule has 0 atom stereocenters. The molecule has 0 aliphatic carbocycles. The van der Waals surface area contributed by atoms with Crippen LogP contribution in [0.5, 0.6) is 0 Å². The van der Waals surface area contributed by atoms with Crippen molar-refractivity contribution in [1.82, 2.24) is 4.98 Å². The maximum atomic E-state index is 11.0. The lowest BCUT2D eigenvalue weighted by Crippen LogP contribution is -2.09. The van der Waals surface area contributed by atoms with Gasteiger partial charge in [0.05, 0.1) is 4.60 Å². The van der Waals surface area contributed by atoms with E-state index in [2.05, 4.69) is 36.8 Å². The van der Waals surface area contributed by atoms with Crippen molar-refractivity contribution in [2.45, 2.75) is 5.33 Å². The summed E-state index contributed by atoms with van der Waals surface area (Å²) in [6.45, 7) is 0. The van der Waals surface area contributed by atoms with Gasteiger partial charge in [-0.1, -0.05) is 22.0 Å². The van der Waals surface area contributed by atoms with Crippen LogP contribution in [0.15, 0.2) is 21.5 Å². The SMILES string of the molecule is O=c1[nH]c(Br)ccc1CBr. The van der Waals surface area contributed by atoms with Gasteiger partial charge in [-0.05, 0) is 22.0 Å². The molecule has 0 bridgehead atoms. The van der Waals surface area contributed by atoms with E-state index in [1.165, 1.54) is 0 Å². The van der Waals surface area contributed by atoms with Crippen LogP contribution in [0.2, 0.25) is 0 Å². The maximum Gasteiger partial charge on any atom is 0.252 e. The summed E-state index contributed by atoms with van der Waals surface area (Å²) in [6, 6.07) is 3.58. The third kappa shape index (κ3) is 1.70. The maximum absolute atomic E-state index is 11.0. The van der Waals surface area contributed by atoms with E-state index in [4.69, 9.17) is 0 Å². The van der Waals surface area contributed by atoms with Gasteiger partial charge in [0.25, 0.3) is 5.56 Å². The van der Waals surface area contributed by atoms with Crippen molar-refractivity contribution in [3.8, 4) is 0 Å². The number of rotatable bonds is 1. The molecule has 0 saturated carbocycles. The standard InChI is InChI=1S/C6H5Br2NO/c7-3-4-1-2-5(8)9-6(4)10/h1-2H,3H2,(H,9,10). The van der Waals surface area contributed by atoms with Gasteiger partial charge in [0.1, 0.15) is 0 Å². The highest BCUT2D eigenvalue weighted by molar-refractivity contribution is 9.10. The third-order valence-corrected chi connectivity index (χ3v) is 2.17. The number of hydrogen-bond donors (Lipinski definition) is 1. The van der Waals surface area contributed by atoms with Gasteiger partial charge in [-0.15, -0.1) is 0 Å². The summed E-state index contributed by atoms with van der Waals surface area (Å²) in [4.78, 5) is 13.6. The van der Waals surface area contributed by atoms with Gasteiger partial charge in [0.15, 0.2) is 0 Å². The molecule has 0 aliphatic rings. The minimum Gasteiger partial charge on any atom is -0.316 e. The molecule has 0 saturated heterocycles. The second-order valence-corrected chi connectivity index (χ2v) is 3.21. The van der Waals surface area contributed by atoms with E-state index in [1.807, 2.05) is 0 Å². The van der Waals surface area contributed by atoms with Crippen molar-refractivity contribution < 1.29 is 0 Å². The van der Waals surface area contributed by atoms with Crippen LogP contribution >= 0.6 is 31.9 Å². The largest absolute Gasteiger partial charge is 0.316 e. The Labute approximate surface area is 74.9 Å². The third-order valence-electron chi connectivity index (χ3n) is 1.10. The molecule has 1 heterocycles. The lowest BCUT2D eigenvalue weighted by Gasteiger charge is -1.92. The van der Waals surface area contributed by atoms with E-state index in [-0.39, 0.29) is 5.56 Å². The summed E-state index contributed by atoms with van der Waals surface area (Å²) in [6.07, 6.45) is 0. The van der Waals surface area contributed by atoms with Crippen molar-refractivity contribution in [3.05, 3.63) is 32.7 Å². The van der Waals surface area contributed by atoms with Gasteiger partial charge in [-0.25, -0.2) is 0 Å². The number of halogens is 2. The number of aromatic nitrogens is 1. The summed E-state index contributed by atoms with van der Waals surface area (Å²) >= 11 is 6.35. The van der Waals surface area contributed by atoms with Crippen molar-refractivity contribution in [1.29, 1.82) is 0 Å². The molecule has 1 aromatic heterocycles. The average Bonchev–Trinajstić information content (AvgIpc) is 1.88. The quantitative estimate of drug-likeness (QED) is 0.612. The van der Waals surface area contributed by atoms with Gasteiger partial charge in [-0.2, -0.15) is 0 Å². The normalized spacial score (nSPS) is 9.80. The molecular formula is C6H5Br2NO. The number of H-pyrrole nitrogens is 1. The highest BCUT2D eigenvalue weighted by atomic mass is 79.9. The molecule has 0 fully saturated rings. The molecule has 4 heteroatoms. The van der Waals surface area contributed by atoms with Gasteiger partial charge in [-0.3, -0.25) is 4.79 Å². The molecule has 54 valence electrons. The van der Waals surface area contributed by atoms with Crippen LogP contribution in [-0.4, -0.2) is 4.98 Å². The fourth-order valence-electron chi connectivity index (χ4n) is 0.585. The van der Waals surface area contributed by atoms with Crippen LogP contribution in [0, 0.1) is 0 Å².